The number of nitrogen functional groups attached to an aromatic ring is 1. The van der Waals surface area contributed by atoms with E-state index in [1.807, 2.05) is 11.8 Å². The predicted molar refractivity (Wildman–Crippen MR) is 65.1 cm³/mol. The zero-order valence-electron chi connectivity index (χ0n) is 9.06. The summed E-state index contributed by atoms with van der Waals surface area (Å²) in [5, 5.41) is 6.89. The summed E-state index contributed by atoms with van der Waals surface area (Å²) in [6.45, 7) is 1.03. The molecule has 16 heavy (non-hydrogen) atoms. The lowest BCUT2D eigenvalue weighted by atomic mass is 10.1. The van der Waals surface area contributed by atoms with Crippen LogP contribution in [-0.2, 0) is 11.3 Å². The minimum Gasteiger partial charge on any atom is -0.396 e. The lowest BCUT2D eigenvalue weighted by molar-refractivity contribution is -0.122. The van der Waals surface area contributed by atoms with Crippen molar-refractivity contribution >= 4 is 23.4 Å². The fraction of sp³-hybridized carbons (Fsp3) is 0.600. The summed E-state index contributed by atoms with van der Waals surface area (Å²) in [5.74, 6) is 3.02. The lowest BCUT2D eigenvalue weighted by Gasteiger charge is -2.09. The molecule has 0 saturated carbocycles. The number of nitrogens with zero attached hydrogens (tertiary/aromatic N) is 2. The quantitative estimate of drug-likeness (QED) is 0.795. The Balaban J connectivity index is 1.71. The number of rotatable bonds is 4. The summed E-state index contributed by atoms with van der Waals surface area (Å²) in [6.07, 6.45) is 4.41. The van der Waals surface area contributed by atoms with Crippen molar-refractivity contribution in [1.82, 2.24) is 15.1 Å². The van der Waals surface area contributed by atoms with Crippen molar-refractivity contribution in [2.24, 2.45) is 5.92 Å². The number of nitrogens with one attached hydrogen (secondary N) is 1. The van der Waals surface area contributed by atoms with Crippen LogP contribution in [0.15, 0.2) is 12.4 Å². The highest BCUT2D eigenvalue weighted by molar-refractivity contribution is 7.99. The van der Waals surface area contributed by atoms with Crippen molar-refractivity contribution in [3.05, 3.63) is 12.4 Å². The third-order valence-electron chi connectivity index (χ3n) is 2.57. The van der Waals surface area contributed by atoms with Gasteiger partial charge in [-0.1, -0.05) is 0 Å². The molecule has 2 heterocycles. The Morgan fingerprint density at radius 1 is 1.75 bits per heavy atom. The largest absolute Gasteiger partial charge is 0.396 e. The van der Waals surface area contributed by atoms with Gasteiger partial charge >= 0.3 is 0 Å². The van der Waals surface area contributed by atoms with Crippen LogP contribution in [0.1, 0.15) is 6.42 Å². The van der Waals surface area contributed by atoms with E-state index in [0.29, 0.717) is 11.6 Å². The molecule has 0 bridgehead atoms. The Morgan fingerprint density at radius 3 is 3.25 bits per heavy atom. The van der Waals surface area contributed by atoms with Gasteiger partial charge in [-0.15, -0.1) is 0 Å². The highest BCUT2D eigenvalue weighted by Crippen LogP contribution is 2.22. The van der Waals surface area contributed by atoms with E-state index < -0.39 is 0 Å². The van der Waals surface area contributed by atoms with Gasteiger partial charge in [0.1, 0.15) is 6.54 Å². The van der Waals surface area contributed by atoms with E-state index in [0.717, 1.165) is 12.3 Å². The number of thioether (sulfide) groups is 1. The monoisotopic (exact) mass is 240 g/mol. The highest BCUT2D eigenvalue weighted by Gasteiger charge is 2.16. The van der Waals surface area contributed by atoms with Gasteiger partial charge in [-0.25, -0.2) is 0 Å². The maximum atomic E-state index is 11.6. The number of carbonyl (C=O) groups excluding carboxylic acids is 1. The fourth-order valence-electron chi connectivity index (χ4n) is 1.67. The van der Waals surface area contributed by atoms with Crippen molar-refractivity contribution in [3.63, 3.8) is 0 Å². The van der Waals surface area contributed by atoms with Crippen LogP contribution in [0.5, 0.6) is 0 Å². The molecule has 1 aliphatic heterocycles. The van der Waals surface area contributed by atoms with Crippen LogP contribution in [0.2, 0.25) is 0 Å². The van der Waals surface area contributed by atoms with E-state index in [1.54, 1.807) is 17.1 Å². The predicted octanol–water partition coefficient (Wildman–Crippen LogP) is 0.335. The second-order valence-corrected chi connectivity index (χ2v) is 5.15. The summed E-state index contributed by atoms with van der Waals surface area (Å²) in [6, 6.07) is 0. The van der Waals surface area contributed by atoms with Crippen LogP contribution in [0.3, 0.4) is 0 Å². The first-order valence-corrected chi connectivity index (χ1v) is 6.52. The second-order valence-electron chi connectivity index (χ2n) is 4.00. The molecule has 1 unspecified atom stereocenters. The Bertz CT molecular complexity index is 359. The van der Waals surface area contributed by atoms with Gasteiger partial charge in [0, 0.05) is 12.7 Å². The standard InChI is InChI=1S/C10H16N4OS/c11-9-4-13-14(5-9)6-10(15)12-3-8-1-2-16-7-8/h4-5,8H,1-3,6-7,11H2,(H,12,15). The highest BCUT2D eigenvalue weighted by atomic mass is 32.2. The average Bonchev–Trinajstić information content (AvgIpc) is 2.87. The Morgan fingerprint density at radius 2 is 2.62 bits per heavy atom. The lowest BCUT2D eigenvalue weighted by Crippen LogP contribution is -2.32. The van der Waals surface area contributed by atoms with Crippen molar-refractivity contribution in [3.8, 4) is 0 Å². The molecule has 1 aromatic rings. The number of anilines is 1. The molecule has 88 valence electrons. The molecule has 0 aliphatic carbocycles. The molecule has 1 aliphatic rings. The number of hydrogen-bond acceptors (Lipinski definition) is 4. The average molecular weight is 240 g/mol. The minimum atomic E-state index is 0.000000000000000222. The van der Waals surface area contributed by atoms with Gasteiger partial charge in [0.25, 0.3) is 0 Å². The van der Waals surface area contributed by atoms with Crippen molar-refractivity contribution in [1.29, 1.82) is 0 Å². The molecule has 6 heteroatoms. The van der Waals surface area contributed by atoms with Crippen LogP contribution < -0.4 is 11.1 Å². The van der Waals surface area contributed by atoms with Crippen LogP contribution in [-0.4, -0.2) is 33.7 Å². The molecule has 1 atom stereocenters. The molecule has 5 nitrogen and oxygen atoms in total. The molecule has 0 radical (unpaired) electrons. The smallest absolute Gasteiger partial charge is 0.241 e. The van der Waals surface area contributed by atoms with E-state index in [-0.39, 0.29) is 12.5 Å². The normalized spacial score (nSPS) is 19.9. The Kier molecular flexibility index (Phi) is 3.71. The minimum absolute atomic E-state index is 0.000000000000000222. The molecule has 1 fully saturated rings. The molecular formula is C10H16N4OS. The third kappa shape index (κ3) is 3.16. The Hall–Kier alpha value is -1.17. The summed E-state index contributed by atoms with van der Waals surface area (Å²) in [5.41, 5.74) is 6.09. The first kappa shape index (κ1) is 11.3. The topological polar surface area (TPSA) is 72.9 Å². The van der Waals surface area contributed by atoms with Gasteiger partial charge in [0.05, 0.1) is 11.9 Å². The van der Waals surface area contributed by atoms with Gasteiger partial charge in [-0.2, -0.15) is 16.9 Å². The van der Waals surface area contributed by atoms with Crippen molar-refractivity contribution in [2.75, 3.05) is 23.8 Å². The Labute approximate surface area is 98.8 Å². The van der Waals surface area contributed by atoms with Crippen LogP contribution in [0.25, 0.3) is 0 Å². The van der Waals surface area contributed by atoms with E-state index >= 15 is 0 Å². The molecular weight excluding hydrogens is 224 g/mol. The van der Waals surface area contributed by atoms with Gasteiger partial charge < -0.3 is 11.1 Å². The summed E-state index contributed by atoms with van der Waals surface area (Å²) in [7, 11) is 0. The van der Waals surface area contributed by atoms with Crippen molar-refractivity contribution < 1.29 is 4.79 Å². The number of hydrogen-bond donors (Lipinski definition) is 2. The van der Waals surface area contributed by atoms with Gasteiger partial charge in [0.2, 0.25) is 5.91 Å². The zero-order valence-corrected chi connectivity index (χ0v) is 9.87. The molecule has 1 amide bonds. The first-order valence-electron chi connectivity index (χ1n) is 5.36. The summed E-state index contributed by atoms with van der Waals surface area (Å²) in [4.78, 5) is 11.6. The maximum absolute atomic E-state index is 11.6. The number of nitrogens with two attached hydrogens (primary N) is 1. The maximum Gasteiger partial charge on any atom is 0.241 e. The summed E-state index contributed by atoms with van der Waals surface area (Å²) < 4.78 is 1.55. The number of amides is 1. The number of carbonyl (C=O) groups is 1. The molecule has 0 aromatic carbocycles. The zero-order chi connectivity index (χ0) is 11.4. The molecule has 0 spiro atoms. The molecule has 3 N–H and O–H groups in total. The fourth-order valence-corrected chi connectivity index (χ4v) is 2.96. The van der Waals surface area contributed by atoms with Gasteiger partial charge in [-0.05, 0) is 23.8 Å². The van der Waals surface area contributed by atoms with Crippen LogP contribution in [0, 0.1) is 5.92 Å². The van der Waals surface area contributed by atoms with Gasteiger partial charge in [0.15, 0.2) is 0 Å². The summed E-state index contributed by atoms with van der Waals surface area (Å²) >= 11 is 1.96. The van der Waals surface area contributed by atoms with E-state index in [1.165, 1.54) is 12.2 Å². The second kappa shape index (κ2) is 5.25. The number of aromatic nitrogens is 2. The first-order chi connectivity index (χ1) is 7.74. The molecule has 1 aromatic heterocycles. The van der Waals surface area contributed by atoms with Gasteiger partial charge in [-0.3, -0.25) is 9.48 Å². The third-order valence-corrected chi connectivity index (χ3v) is 3.80. The molecule has 2 rings (SSSR count). The van der Waals surface area contributed by atoms with E-state index in [2.05, 4.69) is 10.4 Å². The van der Waals surface area contributed by atoms with Crippen LogP contribution in [0.4, 0.5) is 5.69 Å². The van der Waals surface area contributed by atoms with Crippen LogP contribution >= 0.6 is 11.8 Å². The SMILES string of the molecule is Nc1cnn(CC(=O)NCC2CCSC2)c1. The van der Waals surface area contributed by atoms with E-state index in [9.17, 15) is 4.79 Å². The van der Waals surface area contributed by atoms with Crippen molar-refractivity contribution in [2.45, 2.75) is 13.0 Å². The molecule has 1 saturated heterocycles. The van der Waals surface area contributed by atoms with E-state index in [4.69, 9.17) is 5.73 Å².